The molecule has 2 fully saturated rings. The molecule has 4 nitrogen and oxygen atoms in total. The van der Waals surface area contributed by atoms with Gasteiger partial charge >= 0.3 is 0 Å². The van der Waals surface area contributed by atoms with E-state index in [0.29, 0.717) is 0 Å². The van der Waals surface area contributed by atoms with Gasteiger partial charge in [0.25, 0.3) is 0 Å². The Morgan fingerprint density at radius 3 is 3.08 bits per heavy atom. The number of aliphatic hydroxyl groups excluding tert-OH is 1. The SMILES string of the molecule is N#CC1OC2CCNCC2C1O. The molecular weight excluding hydrogens is 156 g/mol. The minimum absolute atomic E-state index is 0.0888. The molecule has 0 aromatic heterocycles. The summed E-state index contributed by atoms with van der Waals surface area (Å²) in [5.41, 5.74) is 0. The van der Waals surface area contributed by atoms with Crippen molar-refractivity contribution in [3.05, 3.63) is 0 Å². The average molecular weight is 168 g/mol. The number of aliphatic hydroxyl groups is 1. The molecule has 0 saturated carbocycles. The molecule has 2 N–H and O–H groups in total. The number of nitrogens with one attached hydrogen (secondary N) is 1. The van der Waals surface area contributed by atoms with Crippen LogP contribution in [-0.4, -0.2) is 36.5 Å². The first kappa shape index (κ1) is 7.99. The second-order valence-corrected chi connectivity index (χ2v) is 3.37. The summed E-state index contributed by atoms with van der Waals surface area (Å²) in [4.78, 5) is 0. The fourth-order valence-electron chi connectivity index (χ4n) is 1.97. The van der Waals surface area contributed by atoms with Crippen molar-refractivity contribution in [2.24, 2.45) is 5.92 Å². The van der Waals surface area contributed by atoms with Crippen LogP contribution in [0.5, 0.6) is 0 Å². The summed E-state index contributed by atoms with van der Waals surface area (Å²) in [6.45, 7) is 1.69. The van der Waals surface area contributed by atoms with E-state index in [-0.39, 0.29) is 12.0 Å². The second-order valence-electron chi connectivity index (χ2n) is 3.37. The minimum atomic E-state index is -0.611. The molecule has 0 spiro atoms. The standard InChI is InChI=1S/C8H12N2O2/c9-3-7-8(11)5-4-10-2-1-6(5)12-7/h5-8,10-11H,1-2,4H2. The van der Waals surface area contributed by atoms with Gasteiger partial charge in [-0.15, -0.1) is 0 Å². The molecule has 0 aromatic rings. The van der Waals surface area contributed by atoms with E-state index < -0.39 is 12.2 Å². The van der Waals surface area contributed by atoms with Crippen LogP contribution < -0.4 is 5.32 Å². The lowest BCUT2D eigenvalue weighted by molar-refractivity contribution is 0.0373. The van der Waals surface area contributed by atoms with E-state index in [2.05, 4.69) is 5.32 Å². The van der Waals surface area contributed by atoms with E-state index in [1.54, 1.807) is 0 Å². The quantitative estimate of drug-likeness (QED) is 0.499. The molecule has 0 amide bonds. The second kappa shape index (κ2) is 3.02. The zero-order valence-corrected chi connectivity index (χ0v) is 6.73. The van der Waals surface area contributed by atoms with Gasteiger partial charge in [-0.1, -0.05) is 0 Å². The van der Waals surface area contributed by atoms with E-state index in [4.69, 9.17) is 10.00 Å². The molecular formula is C8H12N2O2. The Kier molecular flexibility index (Phi) is 2.01. The lowest BCUT2D eigenvalue weighted by Gasteiger charge is -2.25. The third-order valence-corrected chi connectivity index (χ3v) is 2.66. The van der Waals surface area contributed by atoms with Crippen molar-refractivity contribution in [1.82, 2.24) is 5.32 Å². The average Bonchev–Trinajstić information content (AvgIpc) is 2.44. The molecule has 12 heavy (non-hydrogen) atoms. The first-order valence-corrected chi connectivity index (χ1v) is 4.27. The summed E-state index contributed by atoms with van der Waals surface area (Å²) in [6.07, 6.45) is -0.224. The smallest absolute Gasteiger partial charge is 0.170 e. The Bertz CT molecular complexity index is 214. The molecule has 4 unspecified atom stereocenters. The monoisotopic (exact) mass is 168 g/mol. The maximum atomic E-state index is 9.60. The Morgan fingerprint density at radius 1 is 1.58 bits per heavy atom. The van der Waals surface area contributed by atoms with Gasteiger partial charge in [0.15, 0.2) is 6.10 Å². The first-order valence-electron chi connectivity index (χ1n) is 4.27. The van der Waals surface area contributed by atoms with E-state index in [1.165, 1.54) is 0 Å². The van der Waals surface area contributed by atoms with Crippen molar-refractivity contribution in [2.75, 3.05) is 13.1 Å². The summed E-state index contributed by atoms with van der Waals surface area (Å²) in [5, 5.41) is 21.4. The van der Waals surface area contributed by atoms with E-state index in [9.17, 15) is 5.11 Å². The number of piperidine rings is 1. The van der Waals surface area contributed by atoms with Crippen LogP contribution in [0.25, 0.3) is 0 Å². The van der Waals surface area contributed by atoms with Crippen LogP contribution >= 0.6 is 0 Å². The molecule has 2 aliphatic rings. The Balaban J connectivity index is 2.09. The molecule has 2 heterocycles. The normalized spacial score (nSPS) is 46.7. The lowest BCUT2D eigenvalue weighted by atomic mass is 9.92. The van der Waals surface area contributed by atoms with E-state index in [1.807, 2.05) is 6.07 Å². The zero-order valence-electron chi connectivity index (χ0n) is 6.73. The lowest BCUT2D eigenvalue weighted by Crippen LogP contribution is -2.41. The molecule has 66 valence electrons. The van der Waals surface area contributed by atoms with Crippen LogP contribution in [0.3, 0.4) is 0 Å². The van der Waals surface area contributed by atoms with Crippen molar-refractivity contribution in [3.63, 3.8) is 0 Å². The predicted octanol–water partition coefficient (Wildman–Crippen LogP) is -0.752. The number of ether oxygens (including phenoxy) is 1. The fraction of sp³-hybridized carbons (Fsp3) is 0.875. The topological polar surface area (TPSA) is 65.3 Å². The fourth-order valence-corrected chi connectivity index (χ4v) is 1.97. The maximum Gasteiger partial charge on any atom is 0.170 e. The van der Waals surface area contributed by atoms with Crippen molar-refractivity contribution < 1.29 is 9.84 Å². The van der Waals surface area contributed by atoms with Gasteiger partial charge in [0.1, 0.15) is 6.10 Å². The summed E-state index contributed by atoms with van der Waals surface area (Å²) in [7, 11) is 0. The Labute approximate surface area is 71.1 Å². The third kappa shape index (κ3) is 1.11. The van der Waals surface area contributed by atoms with Crippen LogP contribution in [0.1, 0.15) is 6.42 Å². The zero-order chi connectivity index (χ0) is 8.55. The first-order chi connectivity index (χ1) is 5.83. The number of nitrogens with zero attached hydrogens (tertiary/aromatic N) is 1. The third-order valence-electron chi connectivity index (χ3n) is 2.66. The molecule has 4 atom stereocenters. The Morgan fingerprint density at radius 2 is 2.42 bits per heavy atom. The predicted molar refractivity (Wildman–Crippen MR) is 41.3 cm³/mol. The van der Waals surface area contributed by atoms with E-state index >= 15 is 0 Å². The number of rotatable bonds is 0. The number of hydrogen-bond acceptors (Lipinski definition) is 4. The number of nitriles is 1. The highest BCUT2D eigenvalue weighted by molar-refractivity contribution is 5.02. The van der Waals surface area contributed by atoms with Crippen LogP contribution in [0, 0.1) is 17.2 Å². The van der Waals surface area contributed by atoms with Gasteiger partial charge < -0.3 is 15.2 Å². The van der Waals surface area contributed by atoms with Crippen LogP contribution in [0.4, 0.5) is 0 Å². The highest BCUT2D eigenvalue weighted by Crippen LogP contribution is 2.30. The van der Waals surface area contributed by atoms with Crippen molar-refractivity contribution in [3.8, 4) is 6.07 Å². The highest BCUT2D eigenvalue weighted by atomic mass is 16.5. The van der Waals surface area contributed by atoms with Gasteiger partial charge in [0, 0.05) is 12.5 Å². The highest BCUT2D eigenvalue weighted by Gasteiger charge is 2.44. The minimum Gasteiger partial charge on any atom is -0.389 e. The summed E-state index contributed by atoms with van der Waals surface area (Å²) < 4.78 is 5.38. The van der Waals surface area contributed by atoms with Crippen molar-refractivity contribution in [2.45, 2.75) is 24.7 Å². The molecule has 2 saturated heterocycles. The Hall–Kier alpha value is -0.630. The maximum absolute atomic E-state index is 9.60. The van der Waals surface area contributed by atoms with Gasteiger partial charge in [0.05, 0.1) is 12.2 Å². The molecule has 2 rings (SSSR count). The number of hydrogen-bond donors (Lipinski definition) is 2. The van der Waals surface area contributed by atoms with Gasteiger partial charge in [-0.3, -0.25) is 0 Å². The van der Waals surface area contributed by atoms with E-state index in [0.717, 1.165) is 19.5 Å². The van der Waals surface area contributed by atoms with Crippen LogP contribution in [0.2, 0.25) is 0 Å². The molecule has 0 aromatic carbocycles. The van der Waals surface area contributed by atoms with Crippen LogP contribution in [0.15, 0.2) is 0 Å². The summed E-state index contributed by atoms with van der Waals surface area (Å²) in [6, 6.07) is 1.97. The molecule has 0 aliphatic carbocycles. The molecule has 4 heteroatoms. The van der Waals surface area contributed by atoms with Gasteiger partial charge in [0.2, 0.25) is 0 Å². The number of fused-ring (bicyclic) bond motifs is 1. The van der Waals surface area contributed by atoms with Crippen molar-refractivity contribution in [1.29, 1.82) is 5.26 Å². The largest absolute Gasteiger partial charge is 0.389 e. The van der Waals surface area contributed by atoms with Crippen LogP contribution in [-0.2, 0) is 4.74 Å². The summed E-state index contributed by atoms with van der Waals surface area (Å²) in [5.74, 6) is 0.114. The van der Waals surface area contributed by atoms with Gasteiger partial charge in [-0.25, -0.2) is 0 Å². The van der Waals surface area contributed by atoms with Gasteiger partial charge in [-0.2, -0.15) is 5.26 Å². The molecule has 2 aliphatic heterocycles. The molecule has 0 radical (unpaired) electrons. The van der Waals surface area contributed by atoms with Crippen molar-refractivity contribution >= 4 is 0 Å². The molecule has 0 bridgehead atoms. The summed E-state index contributed by atoms with van der Waals surface area (Å²) >= 11 is 0. The van der Waals surface area contributed by atoms with Gasteiger partial charge in [-0.05, 0) is 13.0 Å².